The van der Waals surface area contributed by atoms with E-state index in [2.05, 4.69) is 4.98 Å². The molecule has 0 aromatic carbocycles. The lowest BCUT2D eigenvalue weighted by Crippen LogP contribution is -2.22. The second kappa shape index (κ2) is 5.46. The molecular weight excluding hydrogens is 228 g/mol. The zero-order chi connectivity index (χ0) is 13.0. The predicted octanol–water partition coefficient (Wildman–Crippen LogP) is -0.459. The Morgan fingerprint density at radius 2 is 2.18 bits per heavy atom. The number of carbonyl (C=O) groups is 1. The number of hydrogen-bond donors (Lipinski definition) is 4. The van der Waals surface area contributed by atoms with Gasteiger partial charge in [0.1, 0.15) is 6.10 Å². The van der Waals surface area contributed by atoms with E-state index in [-0.39, 0.29) is 17.3 Å². The van der Waals surface area contributed by atoms with Gasteiger partial charge in [0.05, 0.1) is 31.0 Å². The summed E-state index contributed by atoms with van der Waals surface area (Å²) in [5, 5.41) is 27.6. The van der Waals surface area contributed by atoms with Crippen LogP contribution in [0.25, 0.3) is 0 Å². The maximum Gasteiger partial charge on any atom is 0.306 e. The zero-order valence-electron chi connectivity index (χ0n) is 9.20. The number of anilines is 1. The Kier molecular flexibility index (Phi) is 4.24. The van der Waals surface area contributed by atoms with Gasteiger partial charge in [0, 0.05) is 0 Å². The number of ether oxygens (including phenoxy) is 1. The van der Waals surface area contributed by atoms with Crippen molar-refractivity contribution in [1.29, 1.82) is 0 Å². The third kappa shape index (κ3) is 3.30. The summed E-state index contributed by atoms with van der Waals surface area (Å²) in [6, 6.07) is 2.85. The van der Waals surface area contributed by atoms with Crippen molar-refractivity contribution >= 4 is 11.7 Å². The molecule has 1 aromatic heterocycles. The summed E-state index contributed by atoms with van der Waals surface area (Å²) in [6.07, 6.45) is -3.41. The van der Waals surface area contributed by atoms with Crippen LogP contribution >= 0.6 is 0 Å². The largest absolute Gasteiger partial charge is 0.481 e. The van der Waals surface area contributed by atoms with Gasteiger partial charge in [-0.2, -0.15) is 0 Å². The van der Waals surface area contributed by atoms with Crippen LogP contribution in [0.4, 0.5) is 5.69 Å². The highest BCUT2D eigenvalue weighted by Gasteiger charge is 2.23. The third-order valence-electron chi connectivity index (χ3n) is 2.16. The first-order chi connectivity index (χ1) is 7.95. The van der Waals surface area contributed by atoms with Gasteiger partial charge < -0.3 is 25.8 Å². The minimum Gasteiger partial charge on any atom is -0.481 e. The van der Waals surface area contributed by atoms with E-state index in [1.54, 1.807) is 0 Å². The van der Waals surface area contributed by atoms with E-state index in [9.17, 15) is 15.0 Å². The summed E-state index contributed by atoms with van der Waals surface area (Å²) >= 11 is 0. The quantitative estimate of drug-likeness (QED) is 0.550. The molecule has 5 N–H and O–H groups in total. The Balaban J connectivity index is 2.88. The lowest BCUT2D eigenvalue weighted by Gasteiger charge is -2.16. The number of aliphatic carboxylic acids is 1. The van der Waals surface area contributed by atoms with Crippen molar-refractivity contribution < 1.29 is 24.9 Å². The number of methoxy groups -OCH3 is 1. The van der Waals surface area contributed by atoms with Crippen LogP contribution in [0.15, 0.2) is 12.1 Å². The minimum absolute atomic E-state index is 0.102. The molecule has 0 aliphatic rings. The fraction of sp³-hybridized carbons (Fsp3) is 0.400. The van der Waals surface area contributed by atoms with Gasteiger partial charge >= 0.3 is 5.97 Å². The van der Waals surface area contributed by atoms with Crippen LogP contribution in [-0.2, 0) is 4.79 Å². The first kappa shape index (κ1) is 13.2. The first-order valence-corrected chi connectivity index (χ1v) is 4.84. The fourth-order valence-corrected chi connectivity index (χ4v) is 1.28. The molecule has 2 atom stereocenters. The number of rotatable bonds is 5. The molecule has 0 saturated carbocycles. The molecule has 0 radical (unpaired) electrons. The maximum absolute atomic E-state index is 10.4. The van der Waals surface area contributed by atoms with Gasteiger partial charge in [-0.15, -0.1) is 0 Å². The van der Waals surface area contributed by atoms with Crippen molar-refractivity contribution in [3.05, 3.63) is 17.8 Å². The Hall–Kier alpha value is -1.86. The molecule has 94 valence electrons. The minimum atomic E-state index is -1.44. The summed E-state index contributed by atoms with van der Waals surface area (Å²) < 4.78 is 4.85. The molecule has 0 aliphatic heterocycles. The lowest BCUT2D eigenvalue weighted by molar-refractivity contribution is -0.141. The van der Waals surface area contributed by atoms with Crippen LogP contribution in [0.2, 0.25) is 0 Å². The van der Waals surface area contributed by atoms with E-state index in [0.29, 0.717) is 0 Å². The molecule has 17 heavy (non-hydrogen) atoms. The first-order valence-electron chi connectivity index (χ1n) is 4.84. The summed E-state index contributed by atoms with van der Waals surface area (Å²) in [7, 11) is 1.36. The van der Waals surface area contributed by atoms with Crippen molar-refractivity contribution in [2.24, 2.45) is 0 Å². The molecule has 1 aromatic rings. The van der Waals surface area contributed by atoms with E-state index in [1.165, 1.54) is 19.2 Å². The van der Waals surface area contributed by atoms with Gasteiger partial charge in [0.2, 0.25) is 5.88 Å². The number of carboxylic acid groups (broad SMARTS) is 1. The molecule has 0 fully saturated rings. The number of hydrogen-bond acceptors (Lipinski definition) is 6. The second-order valence-electron chi connectivity index (χ2n) is 3.44. The van der Waals surface area contributed by atoms with E-state index in [0.717, 1.165) is 0 Å². The van der Waals surface area contributed by atoms with Gasteiger partial charge in [0.25, 0.3) is 0 Å². The molecule has 0 aliphatic carbocycles. The summed E-state index contributed by atoms with van der Waals surface area (Å²) in [6.45, 7) is 0. The second-order valence-corrected chi connectivity index (χ2v) is 3.44. The Morgan fingerprint density at radius 3 is 2.71 bits per heavy atom. The molecular formula is C10H14N2O5. The molecule has 0 spiro atoms. The number of nitrogens with two attached hydrogens (primary N) is 1. The molecule has 2 unspecified atom stereocenters. The predicted molar refractivity (Wildman–Crippen MR) is 58.4 cm³/mol. The van der Waals surface area contributed by atoms with Crippen molar-refractivity contribution in [3.8, 4) is 5.88 Å². The summed E-state index contributed by atoms with van der Waals surface area (Å²) in [4.78, 5) is 14.3. The summed E-state index contributed by atoms with van der Waals surface area (Å²) in [5.41, 5.74) is 5.92. The van der Waals surface area contributed by atoms with E-state index >= 15 is 0 Å². The standard InChI is InChI=1S/C10H14N2O5/c1-17-10-5(11)2-3-6(12-10)9(16)7(13)4-8(14)15/h2-3,7,9,13,16H,4,11H2,1H3,(H,14,15). The number of aromatic nitrogens is 1. The van der Waals surface area contributed by atoms with Crippen LogP contribution in [-0.4, -0.2) is 39.5 Å². The third-order valence-corrected chi connectivity index (χ3v) is 2.16. The van der Waals surface area contributed by atoms with Crippen molar-refractivity contribution in [2.75, 3.05) is 12.8 Å². The van der Waals surface area contributed by atoms with E-state index < -0.39 is 24.6 Å². The average molecular weight is 242 g/mol. The number of carboxylic acids is 1. The van der Waals surface area contributed by atoms with Gasteiger partial charge in [-0.05, 0) is 12.1 Å². The highest BCUT2D eigenvalue weighted by molar-refractivity contribution is 5.67. The highest BCUT2D eigenvalue weighted by atomic mass is 16.5. The van der Waals surface area contributed by atoms with Gasteiger partial charge in [-0.1, -0.05) is 0 Å². The normalized spacial score (nSPS) is 14.1. The topological polar surface area (TPSA) is 126 Å². The Morgan fingerprint density at radius 1 is 1.53 bits per heavy atom. The zero-order valence-corrected chi connectivity index (χ0v) is 9.20. The smallest absolute Gasteiger partial charge is 0.306 e. The Labute approximate surface area is 97.5 Å². The number of pyridine rings is 1. The molecule has 1 heterocycles. The van der Waals surface area contributed by atoms with Gasteiger partial charge in [0.15, 0.2) is 0 Å². The van der Waals surface area contributed by atoms with Crippen LogP contribution in [0.1, 0.15) is 18.2 Å². The molecule has 0 amide bonds. The number of nitrogens with zero attached hydrogens (tertiary/aromatic N) is 1. The average Bonchev–Trinajstić information content (AvgIpc) is 2.27. The van der Waals surface area contributed by atoms with E-state index in [1.807, 2.05) is 0 Å². The molecule has 7 nitrogen and oxygen atoms in total. The van der Waals surface area contributed by atoms with Crippen molar-refractivity contribution in [3.63, 3.8) is 0 Å². The number of aliphatic hydroxyl groups excluding tert-OH is 2. The number of aliphatic hydroxyl groups is 2. The molecule has 1 rings (SSSR count). The highest BCUT2D eigenvalue weighted by Crippen LogP contribution is 2.23. The van der Waals surface area contributed by atoms with Gasteiger partial charge in [-0.3, -0.25) is 4.79 Å². The fourth-order valence-electron chi connectivity index (χ4n) is 1.28. The van der Waals surface area contributed by atoms with E-state index in [4.69, 9.17) is 15.6 Å². The number of nitrogen functional groups attached to an aromatic ring is 1. The van der Waals surface area contributed by atoms with Gasteiger partial charge in [-0.25, -0.2) is 4.98 Å². The lowest BCUT2D eigenvalue weighted by atomic mass is 10.1. The molecule has 0 bridgehead atoms. The van der Waals surface area contributed by atoms with Crippen LogP contribution in [0.5, 0.6) is 5.88 Å². The summed E-state index contributed by atoms with van der Waals surface area (Å²) in [5.74, 6) is -1.09. The Bertz CT molecular complexity index is 410. The maximum atomic E-state index is 10.4. The van der Waals surface area contributed by atoms with Crippen molar-refractivity contribution in [1.82, 2.24) is 4.98 Å². The van der Waals surface area contributed by atoms with Crippen molar-refractivity contribution in [2.45, 2.75) is 18.6 Å². The SMILES string of the molecule is COc1nc(C(O)C(O)CC(=O)O)ccc1N. The monoisotopic (exact) mass is 242 g/mol. The molecule has 0 saturated heterocycles. The van der Waals surface area contributed by atoms with Crippen LogP contribution < -0.4 is 10.5 Å². The van der Waals surface area contributed by atoms with Crippen LogP contribution in [0, 0.1) is 0 Å². The molecule has 7 heteroatoms. The van der Waals surface area contributed by atoms with Crippen LogP contribution in [0.3, 0.4) is 0 Å².